The Kier molecular flexibility index (Phi) is 6.78. The minimum atomic E-state index is -0.0486. The van der Waals surface area contributed by atoms with Gasteiger partial charge in [0.2, 0.25) is 5.91 Å². The fraction of sp³-hybridized carbons (Fsp3) is 0.650. The predicted molar refractivity (Wildman–Crippen MR) is 116 cm³/mol. The summed E-state index contributed by atoms with van der Waals surface area (Å²) in [4.78, 5) is 34.7. The van der Waals surface area contributed by atoms with Gasteiger partial charge in [-0.1, -0.05) is 13.8 Å². The van der Waals surface area contributed by atoms with Crippen molar-refractivity contribution in [2.45, 2.75) is 58.4 Å². The number of nitrogens with zero attached hydrogens (tertiary/aromatic N) is 1. The van der Waals surface area contributed by atoms with Crippen LogP contribution in [0.3, 0.4) is 0 Å². The molecule has 3 atom stereocenters. The second-order valence-electron chi connectivity index (χ2n) is 8.19. The topological polar surface area (TPSA) is 86.9 Å². The molecule has 3 unspecified atom stereocenters. The van der Waals surface area contributed by atoms with Crippen molar-refractivity contribution in [2.75, 3.05) is 13.1 Å². The van der Waals surface area contributed by atoms with E-state index in [9.17, 15) is 9.59 Å². The number of hydrogen-bond acceptors (Lipinski definition) is 5. The van der Waals surface area contributed by atoms with Crippen LogP contribution in [-0.4, -0.2) is 35.0 Å². The number of thiophene rings is 1. The molecule has 0 radical (unpaired) electrons. The molecular weight excluding hydrogens is 396 g/mol. The minimum Gasteiger partial charge on any atom is -0.352 e. The van der Waals surface area contributed by atoms with Crippen LogP contribution in [0.2, 0.25) is 0 Å². The van der Waals surface area contributed by atoms with Crippen molar-refractivity contribution >= 4 is 39.9 Å². The fourth-order valence-electron chi connectivity index (χ4n) is 4.21. The van der Waals surface area contributed by atoms with Gasteiger partial charge in [0.1, 0.15) is 10.7 Å². The molecule has 1 aliphatic heterocycles. The fourth-order valence-corrected chi connectivity index (χ4v) is 5.61. The van der Waals surface area contributed by atoms with Crippen LogP contribution < -0.4 is 16.2 Å². The average molecular weight is 425 g/mol. The van der Waals surface area contributed by atoms with Crippen LogP contribution in [0.4, 0.5) is 0 Å². The van der Waals surface area contributed by atoms with Crippen molar-refractivity contribution in [2.24, 2.45) is 11.8 Å². The molecule has 1 amide bonds. The molecule has 4 rings (SSSR count). The number of nitrogens with one attached hydrogen (secondary N) is 3. The molecule has 28 heavy (non-hydrogen) atoms. The number of amides is 1. The molecule has 0 aromatic carbocycles. The monoisotopic (exact) mass is 424 g/mol. The third-order valence-corrected chi connectivity index (χ3v) is 7.13. The molecular formula is C20H29ClN4O2S. The summed E-state index contributed by atoms with van der Waals surface area (Å²) in [5, 5.41) is 7.22. The molecule has 0 saturated carbocycles. The number of hydrogen-bond donors (Lipinski definition) is 3. The number of aromatic nitrogens is 2. The summed E-state index contributed by atoms with van der Waals surface area (Å²) < 4.78 is 0. The molecule has 3 heterocycles. The summed E-state index contributed by atoms with van der Waals surface area (Å²) in [7, 11) is 0. The van der Waals surface area contributed by atoms with Crippen molar-refractivity contribution in [3.8, 4) is 0 Å². The van der Waals surface area contributed by atoms with E-state index in [1.54, 1.807) is 11.3 Å². The van der Waals surface area contributed by atoms with Crippen molar-refractivity contribution < 1.29 is 4.79 Å². The molecule has 1 aliphatic carbocycles. The first kappa shape index (κ1) is 21.3. The summed E-state index contributed by atoms with van der Waals surface area (Å²) in [5.41, 5.74) is 1.15. The van der Waals surface area contributed by atoms with E-state index in [1.165, 1.54) is 10.4 Å². The van der Waals surface area contributed by atoms with Crippen LogP contribution in [0.1, 0.15) is 49.4 Å². The molecule has 8 heteroatoms. The van der Waals surface area contributed by atoms with E-state index in [0.717, 1.165) is 49.0 Å². The standard InChI is InChI=1S/C20H28N4O2S.ClH/c1-11-3-4-13-15(9-11)27-20-18(13)19(26)23-16(24-20)5-6-17(25)22-14-10-21-8-7-12(14)2;/h11-12,14,21H,3-10H2,1-2H3,(H,22,25)(H,23,24,26);1H. The highest BCUT2D eigenvalue weighted by atomic mass is 35.5. The smallest absolute Gasteiger partial charge is 0.259 e. The summed E-state index contributed by atoms with van der Waals surface area (Å²) in [6, 6.07) is 0.187. The Morgan fingerprint density at radius 3 is 2.93 bits per heavy atom. The van der Waals surface area contributed by atoms with Crippen LogP contribution in [0, 0.1) is 11.8 Å². The molecule has 154 valence electrons. The lowest BCUT2D eigenvalue weighted by Gasteiger charge is -2.30. The van der Waals surface area contributed by atoms with Gasteiger partial charge in [0, 0.05) is 30.3 Å². The lowest BCUT2D eigenvalue weighted by Crippen LogP contribution is -2.50. The van der Waals surface area contributed by atoms with Gasteiger partial charge in [-0.15, -0.1) is 23.7 Å². The Morgan fingerprint density at radius 2 is 2.14 bits per heavy atom. The van der Waals surface area contributed by atoms with E-state index in [4.69, 9.17) is 0 Å². The summed E-state index contributed by atoms with van der Waals surface area (Å²) in [6.45, 7) is 6.28. The zero-order chi connectivity index (χ0) is 19.0. The number of carbonyl (C=O) groups excluding carboxylic acids is 1. The van der Waals surface area contributed by atoms with Gasteiger partial charge in [0.15, 0.2) is 0 Å². The van der Waals surface area contributed by atoms with Gasteiger partial charge in [-0.05, 0) is 49.6 Å². The maximum atomic E-state index is 12.6. The highest BCUT2D eigenvalue weighted by Crippen LogP contribution is 2.35. The van der Waals surface area contributed by atoms with E-state index >= 15 is 0 Å². The average Bonchev–Trinajstić information content (AvgIpc) is 2.99. The van der Waals surface area contributed by atoms with E-state index < -0.39 is 0 Å². The largest absolute Gasteiger partial charge is 0.352 e. The van der Waals surface area contributed by atoms with Crippen LogP contribution >= 0.6 is 23.7 Å². The molecule has 0 spiro atoms. The Morgan fingerprint density at radius 1 is 1.32 bits per heavy atom. The van der Waals surface area contributed by atoms with Crippen LogP contribution in [-0.2, 0) is 24.1 Å². The van der Waals surface area contributed by atoms with Crippen molar-refractivity contribution in [3.63, 3.8) is 0 Å². The van der Waals surface area contributed by atoms with E-state index in [-0.39, 0.29) is 29.9 Å². The lowest BCUT2D eigenvalue weighted by atomic mass is 9.89. The third-order valence-electron chi connectivity index (χ3n) is 5.98. The van der Waals surface area contributed by atoms with Crippen molar-refractivity contribution in [3.05, 3.63) is 26.6 Å². The zero-order valence-corrected chi connectivity index (χ0v) is 18.1. The van der Waals surface area contributed by atoms with Gasteiger partial charge in [-0.25, -0.2) is 4.98 Å². The number of H-pyrrole nitrogens is 1. The maximum Gasteiger partial charge on any atom is 0.259 e. The number of fused-ring (bicyclic) bond motifs is 3. The SMILES string of the molecule is CC1CCc2c(sc3nc(CCC(=O)NC4CNCCC4C)[nH]c(=O)c23)C1.Cl. The normalized spacial score (nSPS) is 24.4. The van der Waals surface area contributed by atoms with E-state index in [0.29, 0.717) is 30.5 Å². The highest BCUT2D eigenvalue weighted by Gasteiger charge is 2.24. The molecule has 2 aromatic heterocycles. The van der Waals surface area contributed by atoms with Gasteiger partial charge in [0.25, 0.3) is 5.56 Å². The second kappa shape index (κ2) is 8.93. The zero-order valence-electron chi connectivity index (χ0n) is 16.5. The van der Waals surface area contributed by atoms with Crippen molar-refractivity contribution in [1.29, 1.82) is 0 Å². The maximum absolute atomic E-state index is 12.6. The van der Waals surface area contributed by atoms with Crippen LogP contribution in [0.15, 0.2) is 4.79 Å². The first-order valence-corrected chi connectivity index (χ1v) is 10.9. The molecule has 3 N–H and O–H groups in total. The van der Waals surface area contributed by atoms with E-state index in [2.05, 4.69) is 34.4 Å². The Labute approximate surface area is 175 Å². The Hall–Kier alpha value is -1.44. The second-order valence-corrected chi connectivity index (χ2v) is 9.27. The number of aryl methyl sites for hydroxylation is 2. The first-order chi connectivity index (χ1) is 13.0. The number of piperidine rings is 1. The van der Waals surface area contributed by atoms with Crippen molar-refractivity contribution in [1.82, 2.24) is 20.6 Å². The van der Waals surface area contributed by atoms with Gasteiger partial charge < -0.3 is 15.6 Å². The quantitative estimate of drug-likeness (QED) is 0.704. The van der Waals surface area contributed by atoms with Crippen LogP contribution in [0.25, 0.3) is 10.2 Å². The van der Waals surface area contributed by atoms with Gasteiger partial charge in [0.05, 0.1) is 5.39 Å². The van der Waals surface area contributed by atoms with Gasteiger partial charge in [-0.2, -0.15) is 0 Å². The molecule has 2 aromatic rings. The lowest BCUT2D eigenvalue weighted by molar-refractivity contribution is -0.122. The summed E-state index contributed by atoms with van der Waals surface area (Å²) in [5.74, 6) is 1.80. The third kappa shape index (κ3) is 4.42. The molecule has 1 fully saturated rings. The van der Waals surface area contributed by atoms with E-state index in [1.807, 2.05) is 0 Å². The summed E-state index contributed by atoms with van der Waals surface area (Å²) >= 11 is 1.65. The molecule has 2 aliphatic rings. The number of halogens is 1. The Balaban J connectivity index is 0.00000225. The van der Waals surface area contributed by atoms with Gasteiger partial charge >= 0.3 is 0 Å². The predicted octanol–water partition coefficient (Wildman–Crippen LogP) is 2.58. The van der Waals surface area contributed by atoms with Crippen LogP contribution in [0.5, 0.6) is 0 Å². The number of carbonyl (C=O) groups is 1. The number of rotatable bonds is 4. The van der Waals surface area contributed by atoms with Gasteiger partial charge in [-0.3, -0.25) is 9.59 Å². The highest BCUT2D eigenvalue weighted by molar-refractivity contribution is 7.18. The molecule has 1 saturated heterocycles. The molecule has 6 nitrogen and oxygen atoms in total. The summed E-state index contributed by atoms with van der Waals surface area (Å²) in [6.07, 6.45) is 5.04. The minimum absolute atomic E-state index is 0. The Bertz CT molecular complexity index is 909. The number of aromatic amines is 1. The molecule has 0 bridgehead atoms. The first-order valence-electron chi connectivity index (χ1n) is 10.0.